The number of hydrogen-bond donors (Lipinski definition) is 3. The minimum atomic E-state index is -0.548. The molecule has 190 valence electrons. The molecule has 1 aliphatic carbocycles. The van der Waals surface area contributed by atoms with Gasteiger partial charge in [0.25, 0.3) is 0 Å². The second kappa shape index (κ2) is 9.68. The molecule has 0 aromatic carbocycles. The summed E-state index contributed by atoms with van der Waals surface area (Å²) in [5.74, 6) is 0.415. The maximum Gasteiger partial charge on any atom is 0.407 e. The Labute approximate surface area is 211 Å². The Kier molecular flexibility index (Phi) is 6.99. The van der Waals surface area contributed by atoms with Gasteiger partial charge >= 0.3 is 12.1 Å². The minimum absolute atomic E-state index is 0.0437. The monoisotopic (exact) mass is 502 g/mol. The third-order valence-corrected chi connectivity index (χ3v) is 6.59. The third kappa shape index (κ3) is 6.45. The SMILES string of the molecule is CC1(C)Cc2c(-c3cc(NC(=O)NC4CCCC(NC(=O)OC(C)(C)C)C4)ncc3Cl)cnn2C1. The molecule has 1 aliphatic heterocycles. The lowest BCUT2D eigenvalue weighted by atomic mass is 9.89. The molecule has 2 aromatic heterocycles. The lowest BCUT2D eigenvalue weighted by molar-refractivity contribution is 0.0489. The van der Waals surface area contributed by atoms with Crippen LogP contribution in [0.3, 0.4) is 0 Å². The molecule has 9 nitrogen and oxygen atoms in total. The standard InChI is InChI=1S/C25H35ClN6O3/c1-24(2,3)35-23(34)30-16-8-6-7-15(9-16)29-22(33)31-21-10-17(19(26)13-27-21)18-12-28-32-14-25(4,5)11-20(18)32/h10,12-13,15-16H,6-9,11,14H2,1-5H3,(H,30,34)(H2,27,29,31,33). The quantitative estimate of drug-likeness (QED) is 0.536. The average Bonchev–Trinajstić information content (AvgIpc) is 3.23. The molecule has 35 heavy (non-hydrogen) atoms. The van der Waals surface area contributed by atoms with Crippen LogP contribution in [0.15, 0.2) is 18.5 Å². The zero-order valence-electron chi connectivity index (χ0n) is 21.1. The predicted molar refractivity (Wildman–Crippen MR) is 136 cm³/mol. The summed E-state index contributed by atoms with van der Waals surface area (Å²) in [5, 5.41) is 13.8. The molecule has 1 saturated carbocycles. The minimum Gasteiger partial charge on any atom is -0.444 e. The van der Waals surface area contributed by atoms with Gasteiger partial charge < -0.3 is 15.4 Å². The van der Waals surface area contributed by atoms with Crippen molar-refractivity contribution in [1.82, 2.24) is 25.4 Å². The number of hydrogen-bond acceptors (Lipinski definition) is 5. The first kappa shape index (κ1) is 25.3. The van der Waals surface area contributed by atoms with Crippen LogP contribution in [0.4, 0.5) is 15.4 Å². The summed E-state index contributed by atoms with van der Waals surface area (Å²) in [6.45, 7) is 10.8. The lowest BCUT2D eigenvalue weighted by Crippen LogP contribution is -2.47. The van der Waals surface area contributed by atoms with Gasteiger partial charge in [0.15, 0.2) is 0 Å². The number of urea groups is 1. The largest absolute Gasteiger partial charge is 0.444 e. The average molecular weight is 503 g/mol. The summed E-state index contributed by atoms with van der Waals surface area (Å²) in [7, 11) is 0. The van der Waals surface area contributed by atoms with Crippen LogP contribution in [-0.2, 0) is 17.7 Å². The molecule has 0 saturated heterocycles. The third-order valence-electron chi connectivity index (χ3n) is 6.29. The second-order valence-electron chi connectivity index (χ2n) is 11.4. The zero-order valence-corrected chi connectivity index (χ0v) is 21.8. The van der Waals surface area contributed by atoms with E-state index in [9.17, 15) is 9.59 Å². The van der Waals surface area contributed by atoms with Gasteiger partial charge in [-0.05, 0) is 64.4 Å². The number of rotatable bonds is 4. The number of pyridine rings is 1. The van der Waals surface area contributed by atoms with E-state index < -0.39 is 11.7 Å². The zero-order chi connectivity index (χ0) is 25.4. The smallest absolute Gasteiger partial charge is 0.407 e. The normalized spacial score (nSPS) is 21.2. The van der Waals surface area contributed by atoms with Crippen molar-refractivity contribution in [2.45, 2.75) is 91.0 Å². The van der Waals surface area contributed by atoms with Crippen molar-refractivity contribution < 1.29 is 14.3 Å². The van der Waals surface area contributed by atoms with Crippen LogP contribution in [0.25, 0.3) is 11.1 Å². The van der Waals surface area contributed by atoms with Gasteiger partial charge in [0.1, 0.15) is 11.4 Å². The predicted octanol–water partition coefficient (Wildman–Crippen LogP) is 5.14. The maximum absolute atomic E-state index is 12.7. The summed E-state index contributed by atoms with van der Waals surface area (Å²) < 4.78 is 7.38. The van der Waals surface area contributed by atoms with Gasteiger partial charge in [-0.15, -0.1) is 0 Å². The van der Waals surface area contributed by atoms with Crippen molar-refractivity contribution in [3.05, 3.63) is 29.2 Å². The van der Waals surface area contributed by atoms with Crippen LogP contribution in [0, 0.1) is 5.41 Å². The van der Waals surface area contributed by atoms with E-state index >= 15 is 0 Å². The summed E-state index contributed by atoms with van der Waals surface area (Å²) in [6.07, 6.45) is 7.10. The highest BCUT2D eigenvalue weighted by molar-refractivity contribution is 6.33. The van der Waals surface area contributed by atoms with E-state index in [2.05, 4.69) is 39.9 Å². The van der Waals surface area contributed by atoms with Crippen LogP contribution in [0.2, 0.25) is 5.02 Å². The van der Waals surface area contributed by atoms with Gasteiger partial charge in [-0.25, -0.2) is 14.6 Å². The first-order valence-electron chi connectivity index (χ1n) is 12.2. The Morgan fingerprint density at radius 3 is 2.57 bits per heavy atom. The summed E-state index contributed by atoms with van der Waals surface area (Å²) in [4.78, 5) is 29.1. The van der Waals surface area contributed by atoms with Gasteiger partial charge in [0, 0.05) is 41.6 Å². The number of carbonyl (C=O) groups excluding carboxylic acids is 2. The number of anilines is 1. The van der Waals surface area contributed by atoms with E-state index in [4.69, 9.17) is 16.3 Å². The molecular formula is C25H35ClN6O3. The van der Waals surface area contributed by atoms with Crippen molar-refractivity contribution in [2.75, 3.05) is 5.32 Å². The Morgan fingerprint density at radius 1 is 1.14 bits per heavy atom. The molecule has 3 N–H and O–H groups in total. The molecule has 0 spiro atoms. The fourth-order valence-corrected chi connectivity index (χ4v) is 5.06. The molecule has 4 rings (SSSR count). The maximum atomic E-state index is 12.7. The van der Waals surface area contributed by atoms with Gasteiger partial charge in [0.05, 0.1) is 11.2 Å². The Hall–Kier alpha value is -2.81. The second-order valence-corrected chi connectivity index (χ2v) is 11.8. The molecule has 2 unspecified atom stereocenters. The van der Waals surface area contributed by atoms with Crippen LogP contribution < -0.4 is 16.0 Å². The van der Waals surface area contributed by atoms with Crippen LogP contribution >= 0.6 is 11.6 Å². The van der Waals surface area contributed by atoms with Gasteiger partial charge in [0.2, 0.25) is 0 Å². The van der Waals surface area contributed by atoms with E-state index in [1.165, 1.54) is 0 Å². The molecule has 10 heteroatoms. The summed E-state index contributed by atoms with van der Waals surface area (Å²) in [6, 6.07) is 1.35. The van der Waals surface area contributed by atoms with Crippen molar-refractivity contribution in [3.63, 3.8) is 0 Å². The van der Waals surface area contributed by atoms with Gasteiger partial charge in [-0.3, -0.25) is 10.00 Å². The molecule has 2 atom stereocenters. The van der Waals surface area contributed by atoms with Crippen LogP contribution in [-0.4, -0.2) is 44.6 Å². The lowest BCUT2D eigenvalue weighted by Gasteiger charge is -2.31. The highest BCUT2D eigenvalue weighted by atomic mass is 35.5. The number of nitrogens with zero attached hydrogens (tertiary/aromatic N) is 3. The summed E-state index contributed by atoms with van der Waals surface area (Å²) >= 11 is 6.48. The van der Waals surface area contributed by atoms with E-state index in [1.807, 2.05) is 31.6 Å². The number of nitrogens with one attached hydrogen (secondary N) is 3. The Bertz CT molecular complexity index is 1110. The number of alkyl carbamates (subject to hydrolysis) is 1. The number of fused-ring (bicyclic) bond motifs is 1. The number of carbonyl (C=O) groups is 2. The fraction of sp³-hybridized carbons (Fsp3) is 0.600. The van der Waals surface area contributed by atoms with E-state index in [0.29, 0.717) is 17.3 Å². The Morgan fingerprint density at radius 2 is 1.86 bits per heavy atom. The van der Waals surface area contributed by atoms with Crippen LogP contribution in [0.1, 0.15) is 66.0 Å². The molecule has 2 aliphatic rings. The fourth-order valence-electron chi connectivity index (χ4n) is 4.85. The van der Waals surface area contributed by atoms with Crippen molar-refractivity contribution in [3.8, 4) is 11.1 Å². The molecular weight excluding hydrogens is 468 g/mol. The van der Waals surface area contributed by atoms with Crippen molar-refractivity contribution >= 4 is 29.5 Å². The highest BCUT2D eigenvalue weighted by Crippen LogP contribution is 2.39. The number of aromatic nitrogens is 3. The van der Waals surface area contributed by atoms with Crippen molar-refractivity contribution in [1.29, 1.82) is 0 Å². The molecule has 2 aromatic rings. The van der Waals surface area contributed by atoms with Crippen molar-refractivity contribution in [2.24, 2.45) is 5.41 Å². The number of halogens is 1. The first-order chi connectivity index (χ1) is 16.4. The molecule has 3 heterocycles. The van der Waals surface area contributed by atoms with Gasteiger partial charge in [-0.2, -0.15) is 5.10 Å². The van der Waals surface area contributed by atoms with E-state index in [0.717, 1.165) is 49.0 Å². The van der Waals surface area contributed by atoms with E-state index in [-0.39, 0.29) is 23.5 Å². The molecule has 3 amide bonds. The number of amides is 3. The number of ether oxygens (including phenoxy) is 1. The van der Waals surface area contributed by atoms with Crippen LogP contribution in [0.5, 0.6) is 0 Å². The van der Waals surface area contributed by atoms with Gasteiger partial charge in [-0.1, -0.05) is 25.4 Å². The topological polar surface area (TPSA) is 110 Å². The summed E-state index contributed by atoms with van der Waals surface area (Å²) in [5.41, 5.74) is 2.51. The molecule has 1 fully saturated rings. The highest BCUT2D eigenvalue weighted by Gasteiger charge is 2.32. The van der Waals surface area contributed by atoms with E-state index in [1.54, 1.807) is 12.3 Å². The molecule has 0 bridgehead atoms. The Balaban J connectivity index is 1.37. The first-order valence-corrected chi connectivity index (χ1v) is 12.5. The molecule has 0 radical (unpaired) electrons.